The van der Waals surface area contributed by atoms with E-state index < -0.39 is 0 Å². The molecule has 0 spiro atoms. The SMILES string of the molecule is Cc1ncc(CSC(C)C)s1. The van der Waals surface area contributed by atoms with Crippen molar-refractivity contribution in [3.05, 3.63) is 16.1 Å². The maximum Gasteiger partial charge on any atom is 0.0897 e. The molecule has 11 heavy (non-hydrogen) atoms. The fraction of sp³-hybridized carbons (Fsp3) is 0.625. The van der Waals surface area contributed by atoms with Crippen molar-refractivity contribution >= 4 is 23.1 Å². The van der Waals surface area contributed by atoms with Crippen molar-refractivity contribution in [2.45, 2.75) is 31.8 Å². The Hall–Kier alpha value is -0.0200. The van der Waals surface area contributed by atoms with Crippen LogP contribution in [0.2, 0.25) is 0 Å². The van der Waals surface area contributed by atoms with E-state index in [4.69, 9.17) is 0 Å². The quantitative estimate of drug-likeness (QED) is 0.721. The summed E-state index contributed by atoms with van der Waals surface area (Å²) in [7, 11) is 0. The number of hydrogen-bond acceptors (Lipinski definition) is 3. The topological polar surface area (TPSA) is 12.9 Å². The molecule has 1 nitrogen and oxygen atoms in total. The zero-order valence-electron chi connectivity index (χ0n) is 7.13. The van der Waals surface area contributed by atoms with Crippen LogP contribution in [0, 0.1) is 6.92 Å². The summed E-state index contributed by atoms with van der Waals surface area (Å²) >= 11 is 3.77. The molecule has 0 saturated heterocycles. The second-order valence-corrected chi connectivity index (χ2v) is 5.59. The van der Waals surface area contributed by atoms with Crippen molar-refractivity contribution in [3.8, 4) is 0 Å². The molecule has 0 unspecified atom stereocenters. The normalized spacial score (nSPS) is 10.9. The van der Waals surface area contributed by atoms with E-state index in [1.165, 1.54) is 9.88 Å². The van der Waals surface area contributed by atoms with E-state index in [0.29, 0.717) is 0 Å². The average molecular weight is 187 g/mol. The molecule has 0 aromatic carbocycles. The number of thioether (sulfide) groups is 1. The molecule has 0 aliphatic heterocycles. The highest BCUT2D eigenvalue weighted by Crippen LogP contribution is 2.21. The van der Waals surface area contributed by atoms with Crippen molar-refractivity contribution < 1.29 is 0 Å². The molecule has 3 heteroatoms. The first kappa shape index (κ1) is 9.07. The zero-order valence-corrected chi connectivity index (χ0v) is 8.76. The number of aryl methyl sites for hydroxylation is 1. The molecule has 1 aromatic rings. The van der Waals surface area contributed by atoms with E-state index in [0.717, 1.165) is 11.0 Å². The predicted molar refractivity (Wildman–Crippen MR) is 53.3 cm³/mol. The lowest BCUT2D eigenvalue weighted by Crippen LogP contribution is -1.85. The molecule has 0 N–H and O–H groups in total. The minimum absolute atomic E-state index is 0.720. The number of nitrogens with zero attached hydrogens (tertiary/aromatic N) is 1. The molecule has 0 saturated carbocycles. The summed E-state index contributed by atoms with van der Waals surface area (Å²) in [5.41, 5.74) is 0. The third-order valence-corrected chi connectivity index (χ3v) is 3.47. The molecule has 0 amide bonds. The van der Waals surface area contributed by atoms with Gasteiger partial charge in [-0.2, -0.15) is 11.8 Å². The van der Waals surface area contributed by atoms with Gasteiger partial charge in [-0.25, -0.2) is 4.98 Å². The van der Waals surface area contributed by atoms with Crippen LogP contribution in [0.4, 0.5) is 0 Å². The second kappa shape index (κ2) is 4.12. The lowest BCUT2D eigenvalue weighted by atomic mass is 10.6. The van der Waals surface area contributed by atoms with Gasteiger partial charge in [0.1, 0.15) is 0 Å². The number of hydrogen-bond donors (Lipinski definition) is 0. The van der Waals surface area contributed by atoms with Crippen molar-refractivity contribution in [2.75, 3.05) is 0 Å². The first-order valence-corrected chi connectivity index (χ1v) is 5.58. The second-order valence-electron chi connectivity index (χ2n) is 2.71. The van der Waals surface area contributed by atoms with E-state index in [1.54, 1.807) is 11.3 Å². The van der Waals surface area contributed by atoms with E-state index in [-0.39, 0.29) is 0 Å². The molecule has 62 valence electrons. The number of aromatic nitrogens is 1. The van der Waals surface area contributed by atoms with E-state index in [1.807, 2.05) is 24.9 Å². The standard InChI is InChI=1S/C8H13NS2/c1-6(2)10-5-8-4-9-7(3)11-8/h4,6H,5H2,1-3H3. The predicted octanol–water partition coefficient (Wildman–Crippen LogP) is 3.09. The molecule has 0 radical (unpaired) electrons. The van der Waals surface area contributed by atoms with Crippen LogP contribution in [0.5, 0.6) is 0 Å². The van der Waals surface area contributed by atoms with Gasteiger partial charge in [0.05, 0.1) is 5.01 Å². The van der Waals surface area contributed by atoms with Gasteiger partial charge in [-0.05, 0) is 12.2 Å². The Bertz CT molecular complexity index is 218. The van der Waals surface area contributed by atoms with E-state index >= 15 is 0 Å². The summed E-state index contributed by atoms with van der Waals surface area (Å²) in [5, 5.41) is 1.89. The number of thiazole rings is 1. The molecule has 0 aliphatic rings. The summed E-state index contributed by atoms with van der Waals surface area (Å²) < 4.78 is 0. The Morgan fingerprint density at radius 2 is 2.36 bits per heavy atom. The maximum atomic E-state index is 4.20. The Morgan fingerprint density at radius 3 is 2.82 bits per heavy atom. The van der Waals surface area contributed by atoms with Gasteiger partial charge in [0.15, 0.2) is 0 Å². The van der Waals surface area contributed by atoms with Crippen LogP contribution in [-0.4, -0.2) is 10.2 Å². The van der Waals surface area contributed by atoms with Crippen molar-refractivity contribution in [3.63, 3.8) is 0 Å². The molecule has 1 rings (SSSR count). The minimum atomic E-state index is 0.720. The van der Waals surface area contributed by atoms with Crippen LogP contribution in [-0.2, 0) is 5.75 Å². The Morgan fingerprint density at radius 1 is 1.64 bits per heavy atom. The van der Waals surface area contributed by atoms with E-state index in [9.17, 15) is 0 Å². The fourth-order valence-corrected chi connectivity index (χ4v) is 2.32. The largest absolute Gasteiger partial charge is 0.250 e. The number of rotatable bonds is 3. The average Bonchev–Trinajstić information content (AvgIpc) is 2.31. The van der Waals surface area contributed by atoms with Crippen LogP contribution in [0.1, 0.15) is 23.7 Å². The summed E-state index contributed by atoms with van der Waals surface area (Å²) in [5.74, 6) is 1.11. The minimum Gasteiger partial charge on any atom is -0.250 e. The van der Waals surface area contributed by atoms with Crippen LogP contribution in [0.3, 0.4) is 0 Å². The molecule has 1 heterocycles. The first-order valence-electron chi connectivity index (χ1n) is 3.71. The third kappa shape index (κ3) is 3.25. The van der Waals surface area contributed by atoms with Crippen LogP contribution >= 0.6 is 23.1 Å². The maximum absolute atomic E-state index is 4.20. The van der Waals surface area contributed by atoms with E-state index in [2.05, 4.69) is 18.8 Å². The van der Waals surface area contributed by atoms with Gasteiger partial charge in [0, 0.05) is 16.8 Å². The fourth-order valence-electron chi connectivity index (χ4n) is 0.721. The van der Waals surface area contributed by atoms with Gasteiger partial charge in [-0.1, -0.05) is 13.8 Å². The van der Waals surface area contributed by atoms with Gasteiger partial charge in [0.25, 0.3) is 0 Å². The van der Waals surface area contributed by atoms with Crippen LogP contribution in [0.25, 0.3) is 0 Å². The lowest BCUT2D eigenvalue weighted by molar-refractivity contribution is 1.11. The Balaban J connectivity index is 2.39. The van der Waals surface area contributed by atoms with Gasteiger partial charge >= 0.3 is 0 Å². The molecule has 0 atom stereocenters. The highest BCUT2D eigenvalue weighted by molar-refractivity contribution is 7.99. The zero-order chi connectivity index (χ0) is 8.27. The molecule has 0 aliphatic carbocycles. The molecular weight excluding hydrogens is 174 g/mol. The van der Waals surface area contributed by atoms with Gasteiger partial charge in [-0.15, -0.1) is 11.3 Å². The molecule has 0 fully saturated rings. The van der Waals surface area contributed by atoms with Gasteiger partial charge in [0.2, 0.25) is 0 Å². The molecular formula is C8H13NS2. The van der Waals surface area contributed by atoms with Crippen LogP contribution < -0.4 is 0 Å². The van der Waals surface area contributed by atoms with Crippen molar-refractivity contribution in [1.29, 1.82) is 0 Å². The van der Waals surface area contributed by atoms with Crippen LogP contribution in [0.15, 0.2) is 6.20 Å². The molecule has 0 bridgehead atoms. The van der Waals surface area contributed by atoms with Crippen molar-refractivity contribution in [2.24, 2.45) is 0 Å². The molecule has 1 aromatic heterocycles. The summed E-state index contributed by atoms with van der Waals surface area (Å²) in [6, 6.07) is 0. The highest BCUT2D eigenvalue weighted by atomic mass is 32.2. The smallest absolute Gasteiger partial charge is 0.0897 e. The van der Waals surface area contributed by atoms with Crippen molar-refractivity contribution in [1.82, 2.24) is 4.98 Å². The van der Waals surface area contributed by atoms with Gasteiger partial charge in [-0.3, -0.25) is 0 Å². The first-order chi connectivity index (χ1) is 5.18. The third-order valence-electron chi connectivity index (χ3n) is 1.23. The summed E-state index contributed by atoms with van der Waals surface area (Å²) in [6.07, 6.45) is 1.98. The summed E-state index contributed by atoms with van der Waals surface area (Å²) in [6.45, 7) is 6.49. The monoisotopic (exact) mass is 187 g/mol. The van der Waals surface area contributed by atoms with Gasteiger partial charge < -0.3 is 0 Å². The lowest BCUT2D eigenvalue weighted by Gasteiger charge is -2.00. The Kier molecular flexibility index (Phi) is 3.40. The highest BCUT2D eigenvalue weighted by Gasteiger charge is 1.99. The summed E-state index contributed by atoms with van der Waals surface area (Å²) in [4.78, 5) is 5.59. The Labute approximate surface area is 76.2 Å².